The van der Waals surface area contributed by atoms with Gasteiger partial charge >= 0.3 is 0 Å². The van der Waals surface area contributed by atoms with E-state index in [4.69, 9.17) is 0 Å². The standard InChI is InChI=1S/C18H25N5/c1-2-10-22(11-3-1)18-7-6-16(12-20-18)19-13-17-8-9-21-23(17)14-15-4-5-15/h6-9,12,15,19H,1-5,10-11,13-14H2. The molecule has 0 radical (unpaired) electrons. The molecule has 4 rings (SSSR count). The normalized spacial score (nSPS) is 18.2. The predicted octanol–water partition coefficient (Wildman–Crippen LogP) is 3.29. The molecular weight excluding hydrogens is 286 g/mol. The van der Waals surface area contributed by atoms with Crippen LogP contribution < -0.4 is 10.2 Å². The zero-order valence-electron chi connectivity index (χ0n) is 13.6. The monoisotopic (exact) mass is 311 g/mol. The zero-order chi connectivity index (χ0) is 15.5. The fourth-order valence-electron chi connectivity index (χ4n) is 3.21. The molecule has 0 aromatic carbocycles. The van der Waals surface area contributed by atoms with E-state index >= 15 is 0 Å². The van der Waals surface area contributed by atoms with Crippen molar-refractivity contribution in [3.05, 3.63) is 36.3 Å². The fourth-order valence-corrected chi connectivity index (χ4v) is 3.21. The van der Waals surface area contributed by atoms with Gasteiger partial charge in [0.25, 0.3) is 0 Å². The molecule has 0 atom stereocenters. The van der Waals surface area contributed by atoms with Crippen LogP contribution in [-0.2, 0) is 13.1 Å². The Morgan fingerprint density at radius 3 is 2.70 bits per heavy atom. The summed E-state index contributed by atoms with van der Waals surface area (Å²) in [5, 5.41) is 7.91. The van der Waals surface area contributed by atoms with Crippen LogP contribution in [0.4, 0.5) is 11.5 Å². The molecule has 1 aliphatic carbocycles. The smallest absolute Gasteiger partial charge is 0.128 e. The second-order valence-corrected chi connectivity index (χ2v) is 6.75. The van der Waals surface area contributed by atoms with Crippen LogP contribution in [0.1, 0.15) is 37.8 Å². The summed E-state index contributed by atoms with van der Waals surface area (Å²) in [4.78, 5) is 7.01. The largest absolute Gasteiger partial charge is 0.378 e. The van der Waals surface area contributed by atoms with Gasteiger partial charge in [-0.15, -0.1) is 0 Å². The molecule has 0 bridgehead atoms. The maximum atomic E-state index is 4.62. The molecule has 23 heavy (non-hydrogen) atoms. The third-order valence-corrected chi connectivity index (χ3v) is 4.83. The van der Waals surface area contributed by atoms with Gasteiger partial charge in [0.05, 0.1) is 24.1 Å². The minimum Gasteiger partial charge on any atom is -0.378 e. The van der Waals surface area contributed by atoms with Crippen molar-refractivity contribution < 1.29 is 0 Å². The van der Waals surface area contributed by atoms with E-state index in [0.29, 0.717) is 0 Å². The van der Waals surface area contributed by atoms with Crippen LogP contribution in [0, 0.1) is 5.92 Å². The van der Waals surface area contributed by atoms with Crippen molar-refractivity contribution in [3.8, 4) is 0 Å². The number of nitrogens with zero attached hydrogens (tertiary/aromatic N) is 4. The molecule has 0 amide bonds. The zero-order valence-corrected chi connectivity index (χ0v) is 13.6. The summed E-state index contributed by atoms with van der Waals surface area (Å²) < 4.78 is 2.14. The van der Waals surface area contributed by atoms with E-state index in [9.17, 15) is 0 Å². The molecule has 1 saturated carbocycles. The van der Waals surface area contributed by atoms with E-state index < -0.39 is 0 Å². The minimum atomic E-state index is 0.803. The second-order valence-electron chi connectivity index (χ2n) is 6.75. The highest BCUT2D eigenvalue weighted by atomic mass is 15.3. The van der Waals surface area contributed by atoms with E-state index in [2.05, 4.69) is 43.2 Å². The Morgan fingerprint density at radius 2 is 1.96 bits per heavy atom. The topological polar surface area (TPSA) is 46.0 Å². The first-order valence-corrected chi connectivity index (χ1v) is 8.84. The lowest BCUT2D eigenvalue weighted by atomic mass is 10.1. The highest BCUT2D eigenvalue weighted by Gasteiger charge is 2.22. The third-order valence-electron chi connectivity index (χ3n) is 4.83. The van der Waals surface area contributed by atoms with Gasteiger partial charge < -0.3 is 10.2 Å². The van der Waals surface area contributed by atoms with Crippen molar-refractivity contribution in [1.29, 1.82) is 0 Å². The van der Waals surface area contributed by atoms with Crippen molar-refractivity contribution in [1.82, 2.24) is 14.8 Å². The maximum absolute atomic E-state index is 4.62. The van der Waals surface area contributed by atoms with Gasteiger partial charge in [0.15, 0.2) is 0 Å². The van der Waals surface area contributed by atoms with Crippen LogP contribution in [0.25, 0.3) is 0 Å². The summed E-state index contributed by atoms with van der Waals surface area (Å²) in [5.41, 5.74) is 2.32. The number of hydrogen-bond donors (Lipinski definition) is 1. The van der Waals surface area contributed by atoms with E-state index in [-0.39, 0.29) is 0 Å². The number of pyridine rings is 1. The third kappa shape index (κ3) is 3.66. The highest BCUT2D eigenvalue weighted by molar-refractivity contribution is 5.48. The van der Waals surface area contributed by atoms with Gasteiger partial charge in [0.1, 0.15) is 5.82 Å². The average Bonchev–Trinajstić information content (AvgIpc) is 3.32. The van der Waals surface area contributed by atoms with Crippen LogP contribution in [0.2, 0.25) is 0 Å². The van der Waals surface area contributed by atoms with Crippen molar-refractivity contribution in [3.63, 3.8) is 0 Å². The van der Waals surface area contributed by atoms with E-state index in [0.717, 1.165) is 43.6 Å². The number of hydrogen-bond acceptors (Lipinski definition) is 4. The molecule has 122 valence electrons. The summed E-state index contributed by atoms with van der Waals surface area (Å²) in [5.74, 6) is 1.95. The molecule has 0 unspecified atom stereocenters. The van der Waals surface area contributed by atoms with Gasteiger partial charge in [-0.3, -0.25) is 4.68 Å². The van der Waals surface area contributed by atoms with Crippen LogP contribution >= 0.6 is 0 Å². The molecule has 0 spiro atoms. The summed E-state index contributed by atoms with van der Waals surface area (Å²) in [7, 11) is 0. The first kappa shape index (κ1) is 14.5. The molecule has 5 nitrogen and oxygen atoms in total. The molecule has 1 aliphatic heterocycles. The van der Waals surface area contributed by atoms with Gasteiger partial charge in [0.2, 0.25) is 0 Å². The summed E-state index contributed by atoms with van der Waals surface area (Å²) >= 11 is 0. The molecule has 2 fully saturated rings. The van der Waals surface area contributed by atoms with E-state index in [1.807, 2.05) is 12.4 Å². The van der Waals surface area contributed by atoms with Gasteiger partial charge in [-0.25, -0.2) is 4.98 Å². The first-order chi connectivity index (χ1) is 11.4. The Kier molecular flexibility index (Phi) is 4.18. The number of rotatable bonds is 6. The Hall–Kier alpha value is -2.04. The Labute approximate surface area is 137 Å². The Morgan fingerprint density at radius 1 is 1.09 bits per heavy atom. The van der Waals surface area contributed by atoms with Gasteiger partial charge in [0, 0.05) is 25.8 Å². The molecule has 1 N–H and O–H groups in total. The van der Waals surface area contributed by atoms with E-state index in [1.54, 1.807) is 0 Å². The predicted molar refractivity (Wildman–Crippen MR) is 92.6 cm³/mol. The number of piperidine rings is 1. The molecule has 3 heterocycles. The summed E-state index contributed by atoms with van der Waals surface area (Å²) in [6.45, 7) is 4.15. The number of nitrogens with one attached hydrogen (secondary N) is 1. The molecule has 2 aromatic heterocycles. The maximum Gasteiger partial charge on any atom is 0.128 e. The van der Waals surface area contributed by atoms with Crippen molar-refractivity contribution in [2.45, 2.75) is 45.2 Å². The van der Waals surface area contributed by atoms with Crippen molar-refractivity contribution in [2.75, 3.05) is 23.3 Å². The number of aromatic nitrogens is 3. The molecule has 5 heteroatoms. The van der Waals surface area contributed by atoms with Crippen LogP contribution in [0.3, 0.4) is 0 Å². The number of anilines is 2. The molecule has 1 saturated heterocycles. The second kappa shape index (κ2) is 6.60. The van der Waals surface area contributed by atoms with Crippen molar-refractivity contribution in [2.24, 2.45) is 5.92 Å². The Balaban J connectivity index is 1.34. The van der Waals surface area contributed by atoms with E-state index in [1.165, 1.54) is 37.8 Å². The van der Waals surface area contributed by atoms with Crippen LogP contribution in [0.15, 0.2) is 30.6 Å². The van der Waals surface area contributed by atoms with Crippen molar-refractivity contribution >= 4 is 11.5 Å². The molecule has 2 aromatic rings. The highest BCUT2D eigenvalue weighted by Crippen LogP contribution is 2.30. The SMILES string of the molecule is c1cc(CNc2ccc(N3CCCCC3)nc2)n(CC2CC2)n1. The first-order valence-electron chi connectivity index (χ1n) is 8.84. The molecule has 2 aliphatic rings. The van der Waals surface area contributed by atoms with Crippen LogP contribution in [-0.4, -0.2) is 27.9 Å². The minimum absolute atomic E-state index is 0.803. The lowest BCUT2D eigenvalue weighted by Gasteiger charge is -2.27. The van der Waals surface area contributed by atoms with Gasteiger partial charge in [-0.05, 0) is 56.2 Å². The summed E-state index contributed by atoms with van der Waals surface area (Å²) in [6, 6.07) is 6.37. The average molecular weight is 311 g/mol. The van der Waals surface area contributed by atoms with Gasteiger partial charge in [-0.1, -0.05) is 0 Å². The lowest BCUT2D eigenvalue weighted by molar-refractivity contribution is 0.543. The van der Waals surface area contributed by atoms with Crippen LogP contribution in [0.5, 0.6) is 0 Å². The lowest BCUT2D eigenvalue weighted by Crippen LogP contribution is -2.30. The fraction of sp³-hybridized carbons (Fsp3) is 0.556. The summed E-state index contributed by atoms with van der Waals surface area (Å²) in [6.07, 6.45) is 10.5. The van der Waals surface area contributed by atoms with Gasteiger partial charge in [-0.2, -0.15) is 5.10 Å². The quantitative estimate of drug-likeness (QED) is 0.889. The Bertz CT molecular complexity index is 623. The molecular formula is C18H25N5.